The molecule has 0 unspecified atom stereocenters. The first kappa shape index (κ1) is 11.1. The first-order valence-corrected chi connectivity index (χ1v) is 4.95. The highest BCUT2D eigenvalue weighted by atomic mass is 16.5. The summed E-state index contributed by atoms with van der Waals surface area (Å²) < 4.78 is 5.10. The lowest BCUT2D eigenvalue weighted by Gasteiger charge is -2.11. The van der Waals surface area contributed by atoms with Gasteiger partial charge < -0.3 is 10.1 Å². The Bertz CT molecular complexity index is 256. The maximum atomic E-state index is 5.10. The molecule has 1 aromatic rings. The Morgan fingerprint density at radius 3 is 2.43 bits per heavy atom. The van der Waals surface area contributed by atoms with Crippen molar-refractivity contribution in [3.63, 3.8) is 0 Å². The Labute approximate surface area is 86.3 Å². The second-order valence-corrected chi connectivity index (χ2v) is 3.34. The van der Waals surface area contributed by atoms with Crippen LogP contribution in [-0.4, -0.2) is 13.7 Å². The van der Waals surface area contributed by atoms with Crippen molar-refractivity contribution in [2.45, 2.75) is 20.3 Å². The summed E-state index contributed by atoms with van der Waals surface area (Å²) in [6.07, 6.45) is 0.984. The fourth-order valence-corrected chi connectivity index (χ4v) is 1.41. The summed E-state index contributed by atoms with van der Waals surface area (Å²) in [7, 11) is 1.69. The van der Waals surface area contributed by atoms with Gasteiger partial charge in [0.2, 0.25) is 0 Å². The van der Waals surface area contributed by atoms with E-state index in [1.54, 1.807) is 7.11 Å². The van der Waals surface area contributed by atoms with Gasteiger partial charge in [-0.1, -0.05) is 19.1 Å². The fraction of sp³-hybridized carbons (Fsp3) is 0.417. The topological polar surface area (TPSA) is 21.3 Å². The Balaban J connectivity index is 2.50. The molecule has 0 aliphatic rings. The van der Waals surface area contributed by atoms with E-state index in [1.165, 1.54) is 11.6 Å². The predicted molar refractivity (Wildman–Crippen MR) is 59.3 cm³/mol. The molecule has 0 aromatic heterocycles. The molecule has 0 saturated heterocycles. The Hall–Kier alpha value is -1.02. The molecule has 0 aliphatic carbocycles. The molecule has 0 heterocycles. The van der Waals surface area contributed by atoms with Gasteiger partial charge in [0.1, 0.15) is 5.75 Å². The van der Waals surface area contributed by atoms with Gasteiger partial charge in [0.15, 0.2) is 0 Å². The highest BCUT2D eigenvalue weighted by Crippen LogP contribution is 2.14. The van der Waals surface area contributed by atoms with E-state index in [1.807, 2.05) is 12.1 Å². The second kappa shape index (κ2) is 5.66. The van der Waals surface area contributed by atoms with Crippen LogP contribution in [0.4, 0.5) is 0 Å². The normalized spacial score (nSPS) is 10.6. The maximum Gasteiger partial charge on any atom is 0.118 e. The van der Waals surface area contributed by atoms with E-state index in [0.29, 0.717) is 0 Å². The molecule has 1 radical (unpaired) electrons. The van der Waals surface area contributed by atoms with E-state index < -0.39 is 0 Å². The molecule has 0 saturated carbocycles. The SMILES string of the molecule is CCN[C](C)Cc1ccc(OC)cc1. The zero-order chi connectivity index (χ0) is 10.4. The van der Waals surface area contributed by atoms with Gasteiger partial charge in [-0.2, -0.15) is 0 Å². The predicted octanol–water partition coefficient (Wildman–Crippen LogP) is 2.40. The van der Waals surface area contributed by atoms with Crippen molar-refractivity contribution in [3.05, 3.63) is 35.9 Å². The number of hydrogen-bond donors (Lipinski definition) is 1. The third-order valence-electron chi connectivity index (χ3n) is 2.11. The minimum Gasteiger partial charge on any atom is -0.497 e. The molecule has 2 heteroatoms. The van der Waals surface area contributed by atoms with Crippen LogP contribution >= 0.6 is 0 Å². The van der Waals surface area contributed by atoms with E-state index in [9.17, 15) is 0 Å². The lowest BCUT2D eigenvalue weighted by molar-refractivity contribution is 0.414. The lowest BCUT2D eigenvalue weighted by Crippen LogP contribution is -2.19. The quantitative estimate of drug-likeness (QED) is 0.773. The number of nitrogens with one attached hydrogen (secondary N) is 1. The highest BCUT2D eigenvalue weighted by Gasteiger charge is 2.02. The Kier molecular flexibility index (Phi) is 4.47. The van der Waals surface area contributed by atoms with E-state index in [0.717, 1.165) is 18.7 Å². The van der Waals surface area contributed by atoms with Crippen LogP contribution in [-0.2, 0) is 6.42 Å². The third kappa shape index (κ3) is 3.38. The van der Waals surface area contributed by atoms with E-state index in [-0.39, 0.29) is 0 Å². The van der Waals surface area contributed by atoms with Crippen LogP contribution in [0.25, 0.3) is 0 Å². The molecule has 1 rings (SSSR count). The van der Waals surface area contributed by atoms with E-state index >= 15 is 0 Å². The van der Waals surface area contributed by atoms with Crippen molar-refractivity contribution in [3.8, 4) is 5.75 Å². The van der Waals surface area contributed by atoms with Gasteiger partial charge in [-0.25, -0.2) is 0 Å². The van der Waals surface area contributed by atoms with Crippen molar-refractivity contribution in [1.29, 1.82) is 0 Å². The minimum atomic E-state index is 0.912. The lowest BCUT2D eigenvalue weighted by atomic mass is 10.1. The number of rotatable bonds is 5. The summed E-state index contributed by atoms with van der Waals surface area (Å²) in [4.78, 5) is 0. The monoisotopic (exact) mass is 192 g/mol. The second-order valence-electron chi connectivity index (χ2n) is 3.34. The molecule has 14 heavy (non-hydrogen) atoms. The fourth-order valence-electron chi connectivity index (χ4n) is 1.41. The van der Waals surface area contributed by atoms with Crippen molar-refractivity contribution >= 4 is 0 Å². The summed E-state index contributed by atoms with van der Waals surface area (Å²) in [6.45, 7) is 5.22. The van der Waals surface area contributed by atoms with Gasteiger partial charge >= 0.3 is 0 Å². The van der Waals surface area contributed by atoms with Crippen LogP contribution in [0, 0.1) is 6.04 Å². The molecule has 1 N–H and O–H groups in total. The van der Waals surface area contributed by atoms with E-state index in [2.05, 4.69) is 31.3 Å². The Morgan fingerprint density at radius 2 is 1.93 bits per heavy atom. The number of ether oxygens (including phenoxy) is 1. The summed E-state index contributed by atoms with van der Waals surface area (Å²) in [5, 5.41) is 3.31. The summed E-state index contributed by atoms with van der Waals surface area (Å²) in [5.41, 5.74) is 1.31. The smallest absolute Gasteiger partial charge is 0.118 e. The van der Waals surface area contributed by atoms with Crippen molar-refractivity contribution < 1.29 is 4.74 Å². The average Bonchev–Trinajstić information content (AvgIpc) is 2.19. The van der Waals surface area contributed by atoms with Crippen molar-refractivity contribution in [2.24, 2.45) is 0 Å². The zero-order valence-corrected chi connectivity index (χ0v) is 9.13. The van der Waals surface area contributed by atoms with Crippen LogP contribution in [0.3, 0.4) is 0 Å². The van der Waals surface area contributed by atoms with Gasteiger partial charge in [-0.15, -0.1) is 0 Å². The van der Waals surface area contributed by atoms with Gasteiger partial charge in [-0.3, -0.25) is 0 Å². The third-order valence-corrected chi connectivity index (χ3v) is 2.11. The average molecular weight is 192 g/mol. The molecule has 1 aromatic carbocycles. The van der Waals surface area contributed by atoms with Gasteiger partial charge in [0, 0.05) is 6.04 Å². The number of methoxy groups -OCH3 is 1. The molecule has 77 valence electrons. The standard InChI is InChI=1S/C12H18NO/c1-4-13-10(2)9-11-5-7-12(14-3)8-6-11/h5-8,13H,4,9H2,1-3H3. The minimum absolute atomic E-state index is 0.912. The number of likely N-dealkylation sites (N-methyl/N-ethyl adjacent to an activating group) is 1. The van der Waals surface area contributed by atoms with Crippen LogP contribution in [0.5, 0.6) is 5.75 Å². The van der Waals surface area contributed by atoms with Crippen molar-refractivity contribution in [1.82, 2.24) is 5.32 Å². The van der Waals surface area contributed by atoms with Crippen LogP contribution in [0.1, 0.15) is 19.4 Å². The van der Waals surface area contributed by atoms with Gasteiger partial charge in [0.05, 0.1) is 7.11 Å². The summed E-state index contributed by atoms with van der Waals surface area (Å²) >= 11 is 0. The summed E-state index contributed by atoms with van der Waals surface area (Å²) in [5.74, 6) is 0.912. The van der Waals surface area contributed by atoms with Crippen LogP contribution in [0.15, 0.2) is 24.3 Å². The molecule has 0 amide bonds. The van der Waals surface area contributed by atoms with Gasteiger partial charge in [-0.05, 0) is 37.6 Å². The molecule has 0 bridgehead atoms. The molecule has 0 atom stereocenters. The molecule has 0 fully saturated rings. The first-order valence-electron chi connectivity index (χ1n) is 4.95. The van der Waals surface area contributed by atoms with Gasteiger partial charge in [0.25, 0.3) is 0 Å². The first-order chi connectivity index (χ1) is 6.76. The maximum absolute atomic E-state index is 5.10. The molecular formula is C12H18NO. The molecule has 2 nitrogen and oxygen atoms in total. The number of hydrogen-bond acceptors (Lipinski definition) is 2. The van der Waals surface area contributed by atoms with Crippen LogP contribution in [0.2, 0.25) is 0 Å². The number of benzene rings is 1. The summed E-state index contributed by atoms with van der Waals surface area (Å²) in [6, 6.07) is 9.49. The van der Waals surface area contributed by atoms with Crippen LogP contribution < -0.4 is 10.1 Å². The van der Waals surface area contributed by atoms with Crippen molar-refractivity contribution in [2.75, 3.05) is 13.7 Å². The molecule has 0 aliphatic heterocycles. The molecule has 0 spiro atoms. The largest absolute Gasteiger partial charge is 0.497 e. The highest BCUT2D eigenvalue weighted by molar-refractivity contribution is 5.28. The zero-order valence-electron chi connectivity index (χ0n) is 9.13. The Morgan fingerprint density at radius 1 is 1.29 bits per heavy atom. The molecular weight excluding hydrogens is 174 g/mol. The van der Waals surface area contributed by atoms with E-state index in [4.69, 9.17) is 4.74 Å².